The molecule has 0 heterocycles. The Balaban J connectivity index is 1.72. The quantitative estimate of drug-likeness (QED) is 0.123. The molecule has 6 rings (SSSR count). The summed E-state index contributed by atoms with van der Waals surface area (Å²) in [5.41, 5.74) is 6.17. The van der Waals surface area contributed by atoms with E-state index in [1.807, 2.05) is 55.5 Å². The van der Waals surface area contributed by atoms with Gasteiger partial charge in [-0.3, -0.25) is 30.3 Å². The van der Waals surface area contributed by atoms with Gasteiger partial charge in [-0.05, 0) is 83.1 Å². The van der Waals surface area contributed by atoms with Gasteiger partial charge in [-0.2, -0.15) is 0 Å². The number of nitrogens with zero attached hydrogens (tertiary/aromatic N) is 3. The summed E-state index contributed by atoms with van der Waals surface area (Å²) in [7, 11) is 0. The second-order valence-electron chi connectivity index (χ2n) is 11.2. The zero-order valence-electron chi connectivity index (χ0n) is 25.4. The van der Waals surface area contributed by atoms with Gasteiger partial charge in [0.1, 0.15) is 0 Å². The molecule has 47 heavy (non-hydrogen) atoms. The highest BCUT2D eigenvalue weighted by Gasteiger charge is 2.28. The highest BCUT2D eigenvalue weighted by molar-refractivity contribution is 6.01. The van der Waals surface area contributed by atoms with Crippen LogP contribution >= 0.6 is 0 Å². The molecule has 0 saturated heterocycles. The molecule has 0 N–H and O–H groups in total. The van der Waals surface area contributed by atoms with Crippen molar-refractivity contribution in [1.82, 2.24) is 0 Å². The molecule has 9 nitrogen and oxygen atoms in total. The number of nitro benzene ring substituents is 3. The smallest absolute Gasteiger partial charge is 0.258 e. The van der Waals surface area contributed by atoms with Crippen LogP contribution in [0.2, 0.25) is 0 Å². The Kier molecular flexibility index (Phi) is 8.12. The van der Waals surface area contributed by atoms with Gasteiger partial charge in [-0.1, -0.05) is 84.4 Å². The minimum atomic E-state index is -0.463. The van der Waals surface area contributed by atoms with Crippen LogP contribution in [0.5, 0.6) is 0 Å². The maximum absolute atomic E-state index is 12.7. The highest BCUT2D eigenvalue weighted by atomic mass is 16.6. The van der Waals surface area contributed by atoms with Gasteiger partial charge in [-0.25, -0.2) is 0 Å². The molecule has 0 saturated carbocycles. The van der Waals surface area contributed by atoms with E-state index >= 15 is 0 Å². The molecular weight excluding hydrogens is 594 g/mol. The van der Waals surface area contributed by atoms with E-state index in [0.29, 0.717) is 38.9 Å². The maximum Gasteiger partial charge on any atom is 0.277 e. The van der Waals surface area contributed by atoms with Gasteiger partial charge in [0, 0.05) is 23.8 Å². The van der Waals surface area contributed by atoms with Crippen molar-refractivity contribution in [2.45, 2.75) is 13.8 Å². The SMILES string of the molecule is Cc1ccc([N+](=O)[O-])c(-c2cccc(-c3c(-c4ccc(C)cc4[N+](=O)[O-])ccc([N+](=O)[O-])c3-c3cccc(-c4ccccc4)c3)c2)c1. The Bertz CT molecular complexity index is 2210. The molecule has 6 aromatic rings. The van der Waals surface area contributed by atoms with Crippen molar-refractivity contribution >= 4 is 17.1 Å². The fraction of sp³-hybridized carbons (Fsp3) is 0.0526. The van der Waals surface area contributed by atoms with Crippen molar-refractivity contribution in [2.24, 2.45) is 0 Å². The van der Waals surface area contributed by atoms with Crippen molar-refractivity contribution in [1.29, 1.82) is 0 Å². The van der Waals surface area contributed by atoms with Gasteiger partial charge in [0.2, 0.25) is 0 Å². The van der Waals surface area contributed by atoms with E-state index in [1.54, 1.807) is 61.5 Å². The number of rotatable bonds is 8. The van der Waals surface area contributed by atoms with Gasteiger partial charge >= 0.3 is 0 Å². The third-order valence-electron chi connectivity index (χ3n) is 8.09. The Hall–Kier alpha value is -6.48. The molecular formula is C38H27N3O6. The van der Waals surface area contributed by atoms with Crippen LogP contribution in [0.4, 0.5) is 17.1 Å². The van der Waals surface area contributed by atoms with Crippen LogP contribution in [0.15, 0.2) is 127 Å². The van der Waals surface area contributed by atoms with E-state index in [9.17, 15) is 30.3 Å². The van der Waals surface area contributed by atoms with Crippen LogP contribution < -0.4 is 0 Å². The van der Waals surface area contributed by atoms with Crippen molar-refractivity contribution in [2.75, 3.05) is 0 Å². The second kappa shape index (κ2) is 12.5. The Morgan fingerprint density at radius 1 is 0.383 bits per heavy atom. The monoisotopic (exact) mass is 621 g/mol. The molecule has 0 bridgehead atoms. The number of hydrogen-bond donors (Lipinski definition) is 0. The van der Waals surface area contributed by atoms with Crippen LogP contribution in [-0.2, 0) is 0 Å². The standard InChI is InChI=1S/C38H27N3O6/c1-24-15-18-34(39(42)43)33(20-24)28-11-7-12-29(23-28)37-32(31-16-14-25(2)21-36(31)41(46)47)17-19-35(40(44)45)38(37)30-13-6-10-27(22-30)26-8-4-3-5-9-26/h3-23H,1-2H3. The Morgan fingerprint density at radius 2 is 0.894 bits per heavy atom. The lowest BCUT2D eigenvalue weighted by Crippen LogP contribution is -2.00. The first kappa shape index (κ1) is 30.5. The number of benzene rings is 6. The number of hydrogen-bond acceptors (Lipinski definition) is 6. The molecule has 0 radical (unpaired) electrons. The molecule has 0 aliphatic rings. The van der Waals surface area contributed by atoms with Gasteiger partial charge in [0.05, 0.1) is 31.5 Å². The molecule has 0 amide bonds. The largest absolute Gasteiger partial charge is 0.277 e. The summed E-state index contributed by atoms with van der Waals surface area (Å²) in [6.07, 6.45) is 0. The summed E-state index contributed by atoms with van der Waals surface area (Å²) < 4.78 is 0. The average Bonchev–Trinajstić information content (AvgIpc) is 3.08. The summed E-state index contributed by atoms with van der Waals surface area (Å²) >= 11 is 0. The van der Waals surface area contributed by atoms with E-state index in [0.717, 1.165) is 16.7 Å². The highest BCUT2D eigenvalue weighted by Crippen LogP contribution is 2.48. The first-order valence-electron chi connectivity index (χ1n) is 14.7. The van der Waals surface area contributed by atoms with Gasteiger partial charge in [-0.15, -0.1) is 0 Å². The summed E-state index contributed by atoms with van der Waals surface area (Å²) in [4.78, 5) is 35.6. The first-order chi connectivity index (χ1) is 22.6. The van der Waals surface area contributed by atoms with Crippen LogP contribution in [0, 0.1) is 44.2 Å². The van der Waals surface area contributed by atoms with E-state index in [4.69, 9.17) is 0 Å². The van der Waals surface area contributed by atoms with Gasteiger partial charge in [0.25, 0.3) is 17.1 Å². The normalized spacial score (nSPS) is 10.9. The van der Waals surface area contributed by atoms with Crippen molar-refractivity contribution < 1.29 is 14.8 Å². The number of nitro groups is 3. The lowest BCUT2D eigenvalue weighted by Gasteiger charge is -2.18. The lowest BCUT2D eigenvalue weighted by molar-refractivity contribution is -0.384. The molecule has 9 heteroatoms. The molecule has 6 aromatic carbocycles. The van der Waals surface area contributed by atoms with Gasteiger partial charge < -0.3 is 0 Å². The third-order valence-corrected chi connectivity index (χ3v) is 8.09. The summed E-state index contributed by atoms with van der Waals surface area (Å²) in [6.45, 7) is 3.59. The zero-order valence-corrected chi connectivity index (χ0v) is 25.4. The minimum absolute atomic E-state index is 0.0861. The number of aryl methyl sites for hydroxylation is 2. The average molecular weight is 622 g/mol. The van der Waals surface area contributed by atoms with Crippen LogP contribution in [-0.4, -0.2) is 14.8 Å². The van der Waals surface area contributed by atoms with E-state index in [-0.39, 0.29) is 28.2 Å². The molecule has 0 aliphatic heterocycles. The maximum atomic E-state index is 12.7. The summed E-state index contributed by atoms with van der Waals surface area (Å²) in [6, 6.07) is 36.6. The van der Waals surface area contributed by atoms with Crippen molar-refractivity contribution in [3.63, 3.8) is 0 Å². The van der Waals surface area contributed by atoms with Crippen LogP contribution in [0.3, 0.4) is 0 Å². The minimum Gasteiger partial charge on any atom is -0.258 e. The Labute approximate surface area is 269 Å². The van der Waals surface area contributed by atoms with E-state index in [1.165, 1.54) is 24.3 Å². The van der Waals surface area contributed by atoms with Crippen LogP contribution in [0.25, 0.3) is 55.6 Å². The molecule has 0 unspecified atom stereocenters. The van der Waals surface area contributed by atoms with E-state index in [2.05, 4.69) is 0 Å². The predicted octanol–water partition coefficient (Wildman–Crippen LogP) is 10.4. The molecule has 0 aromatic heterocycles. The molecule has 0 atom stereocenters. The fourth-order valence-electron chi connectivity index (χ4n) is 5.95. The molecule has 0 fully saturated rings. The first-order valence-corrected chi connectivity index (χ1v) is 14.7. The van der Waals surface area contributed by atoms with Gasteiger partial charge in [0.15, 0.2) is 0 Å². The Morgan fingerprint density at radius 3 is 1.57 bits per heavy atom. The zero-order chi connectivity index (χ0) is 33.2. The predicted molar refractivity (Wildman–Crippen MR) is 183 cm³/mol. The van der Waals surface area contributed by atoms with Crippen molar-refractivity contribution in [3.05, 3.63) is 169 Å². The molecule has 0 aliphatic carbocycles. The van der Waals surface area contributed by atoms with Crippen LogP contribution in [0.1, 0.15) is 11.1 Å². The second-order valence-corrected chi connectivity index (χ2v) is 11.2. The summed E-state index contributed by atoms with van der Waals surface area (Å²) in [5.74, 6) is 0. The summed E-state index contributed by atoms with van der Waals surface area (Å²) in [5, 5.41) is 37.0. The van der Waals surface area contributed by atoms with E-state index < -0.39 is 14.8 Å². The fourth-order valence-corrected chi connectivity index (χ4v) is 5.95. The third kappa shape index (κ3) is 5.97. The van der Waals surface area contributed by atoms with Crippen molar-refractivity contribution in [3.8, 4) is 55.6 Å². The molecule has 0 spiro atoms. The molecule has 230 valence electrons. The topological polar surface area (TPSA) is 129 Å². The lowest BCUT2D eigenvalue weighted by atomic mass is 9.84.